The Balaban J connectivity index is 2.35. The molecule has 0 aliphatic rings. The molecular formula is C13H13FN4O3. The standard InChI is InChI=1S/C13H13FN4O3/c1-16(2)13(19)8-17-7-9(6-15-17)11-5-10(14)3-4-12(11)18(20)21/h3-7H,8H2,1-2H3. The molecule has 0 fully saturated rings. The lowest BCUT2D eigenvalue weighted by atomic mass is 10.1. The average molecular weight is 292 g/mol. The highest BCUT2D eigenvalue weighted by Gasteiger charge is 2.18. The zero-order chi connectivity index (χ0) is 15.6. The largest absolute Gasteiger partial charge is 0.347 e. The smallest absolute Gasteiger partial charge is 0.277 e. The topological polar surface area (TPSA) is 81.3 Å². The lowest BCUT2D eigenvalue weighted by molar-refractivity contribution is -0.384. The van der Waals surface area contributed by atoms with Crippen molar-refractivity contribution in [2.75, 3.05) is 14.1 Å². The summed E-state index contributed by atoms with van der Waals surface area (Å²) in [6.45, 7) is 0.0100. The molecule has 1 amide bonds. The highest BCUT2D eigenvalue weighted by molar-refractivity contribution is 5.76. The molecule has 8 heteroatoms. The van der Waals surface area contributed by atoms with Crippen molar-refractivity contribution in [2.24, 2.45) is 0 Å². The lowest BCUT2D eigenvalue weighted by Crippen LogP contribution is -2.26. The Kier molecular flexibility index (Phi) is 3.97. The number of nitro groups is 1. The molecule has 7 nitrogen and oxygen atoms in total. The van der Waals surface area contributed by atoms with Crippen LogP contribution in [-0.4, -0.2) is 39.6 Å². The van der Waals surface area contributed by atoms with Gasteiger partial charge in [-0.3, -0.25) is 19.6 Å². The SMILES string of the molecule is CN(C)C(=O)Cn1cc(-c2cc(F)ccc2[N+](=O)[O-])cn1. The van der Waals surface area contributed by atoms with Crippen LogP contribution in [0.1, 0.15) is 0 Å². The van der Waals surface area contributed by atoms with Crippen LogP contribution in [0.5, 0.6) is 0 Å². The Bertz CT molecular complexity index is 696. The van der Waals surface area contributed by atoms with Gasteiger partial charge in [-0.25, -0.2) is 4.39 Å². The number of halogens is 1. The van der Waals surface area contributed by atoms with Gasteiger partial charge in [0, 0.05) is 31.9 Å². The number of hydrogen-bond donors (Lipinski definition) is 0. The molecule has 1 aromatic heterocycles. The number of rotatable bonds is 4. The Hall–Kier alpha value is -2.77. The van der Waals surface area contributed by atoms with Gasteiger partial charge in [0.1, 0.15) is 12.4 Å². The van der Waals surface area contributed by atoms with Gasteiger partial charge >= 0.3 is 0 Å². The maximum atomic E-state index is 13.3. The van der Waals surface area contributed by atoms with Gasteiger partial charge in [-0.2, -0.15) is 5.10 Å². The number of carbonyl (C=O) groups is 1. The first kappa shape index (κ1) is 14.6. The third-order valence-electron chi connectivity index (χ3n) is 2.90. The van der Waals surface area contributed by atoms with Gasteiger partial charge < -0.3 is 4.90 Å². The maximum absolute atomic E-state index is 13.3. The van der Waals surface area contributed by atoms with Gasteiger partial charge in [-0.15, -0.1) is 0 Å². The van der Waals surface area contributed by atoms with Crippen molar-refractivity contribution in [1.82, 2.24) is 14.7 Å². The molecule has 0 aliphatic carbocycles. The van der Waals surface area contributed by atoms with Crippen molar-refractivity contribution in [3.63, 3.8) is 0 Å². The predicted octanol–water partition coefficient (Wildman–Crippen LogP) is 1.69. The molecule has 1 heterocycles. The minimum atomic E-state index is -0.586. The molecule has 0 N–H and O–H groups in total. The van der Waals surface area contributed by atoms with Crippen LogP contribution in [0.4, 0.5) is 10.1 Å². The van der Waals surface area contributed by atoms with Crippen LogP contribution in [0.25, 0.3) is 11.1 Å². The van der Waals surface area contributed by atoms with E-state index >= 15 is 0 Å². The van der Waals surface area contributed by atoms with Gasteiger partial charge in [-0.05, 0) is 12.1 Å². The molecule has 1 aromatic carbocycles. The van der Waals surface area contributed by atoms with Crippen molar-refractivity contribution >= 4 is 11.6 Å². The fraction of sp³-hybridized carbons (Fsp3) is 0.231. The monoisotopic (exact) mass is 292 g/mol. The fourth-order valence-electron chi connectivity index (χ4n) is 1.77. The Labute approximate surface area is 119 Å². The van der Waals surface area contributed by atoms with Crippen LogP contribution in [0.15, 0.2) is 30.6 Å². The molecule has 0 radical (unpaired) electrons. The number of hydrogen-bond acceptors (Lipinski definition) is 4. The van der Waals surface area contributed by atoms with Crippen LogP contribution in [-0.2, 0) is 11.3 Å². The molecule has 0 atom stereocenters. The average Bonchev–Trinajstić information content (AvgIpc) is 2.86. The number of likely N-dealkylation sites (N-methyl/N-ethyl adjacent to an activating group) is 1. The van der Waals surface area contributed by atoms with Crippen LogP contribution in [0.2, 0.25) is 0 Å². The minimum absolute atomic E-state index is 0.0100. The van der Waals surface area contributed by atoms with E-state index in [2.05, 4.69) is 5.10 Å². The van der Waals surface area contributed by atoms with Crippen molar-refractivity contribution in [3.05, 3.63) is 46.5 Å². The summed E-state index contributed by atoms with van der Waals surface area (Å²) < 4.78 is 14.7. The minimum Gasteiger partial charge on any atom is -0.347 e. The van der Waals surface area contributed by atoms with Gasteiger partial charge in [0.05, 0.1) is 16.7 Å². The molecule has 0 aliphatic heterocycles. The van der Waals surface area contributed by atoms with E-state index in [4.69, 9.17) is 0 Å². The first-order valence-electron chi connectivity index (χ1n) is 6.05. The van der Waals surface area contributed by atoms with E-state index < -0.39 is 10.7 Å². The first-order chi connectivity index (χ1) is 9.88. The van der Waals surface area contributed by atoms with E-state index in [-0.39, 0.29) is 23.7 Å². The number of carbonyl (C=O) groups excluding carboxylic acids is 1. The Morgan fingerprint density at radius 1 is 1.48 bits per heavy atom. The van der Waals surface area contributed by atoms with Crippen LogP contribution < -0.4 is 0 Å². The number of nitrogens with zero attached hydrogens (tertiary/aromatic N) is 4. The lowest BCUT2D eigenvalue weighted by Gasteiger charge is -2.09. The summed E-state index contributed by atoms with van der Waals surface area (Å²) in [7, 11) is 3.23. The molecule has 2 rings (SSSR count). The van der Waals surface area contributed by atoms with Crippen molar-refractivity contribution in [3.8, 4) is 11.1 Å². The summed E-state index contributed by atoms with van der Waals surface area (Å²) in [5.41, 5.74) is 0.297. The second-order valence-corrected chi connectivity index (χ2v) is 4.63. The molecular weight excluding hydrogens is 279 g/mol. The van der Waals surface area contributed by atoms with E-state index in [0.29, 0.717) is 5.56 Å². The summed E-state index contributed by atoms with van der Waals surface area (Å²) in [6, 6.07) is 3.21. The number of aromatic nitrogens is 2. The van der Waals surface area contributed by atoms with Crippen LogP contribution in [0.3, 0.4) is 0 Å². The van der Waals surface area contributed by atoms with Gasteiger partial charge in [-0.1, -0.05) is 0 Å². The fourth-order valence-corrected chi connectivity index (χ4v) is 1.77. The third-order valence-corrected chi connectivity index (χ3v) is 2.90. The van der Waals surface area contributed by atoms with Gasteiger partial charge in [0.2, 0.25) is 5.91 Å². The predicted molar refractivity (Wildman–Crippen MR) is 73.0 cm³/mol. The van der Waals surface area contributed by atoms with Crippen LogP contribution >= 0.6 is 0 Å². The summed E-state index contributed by atoms with van der Waals surface area (Å²) in [5.74, 6) is -0.744. The number of amides is 1. The Morgan fingerprint density at radius 2 is 2.19 bits per heavy atom. The van der Waals surface area contributed by atoms with Crippen molar-refractivity contribution < 1.29 is 14.1 Å². The summed E-state index contributed by atoms with van der Waals surface area (Å²) >= 11 is 0. The third kappa shape index (κ3) is 3.22. The zero-order valence-corrected chi connectivity index (χ0v) is 11.5. The molecule has 2 aromatic rings. The van der Waals surface area contributed by atoms with E-state index in [1.165, 1.54) is 22.0 Å². The number of benzene rings is 1. The molecule has 0 unspecified atom stereocenters. The van der Waals surface area contributed by atoms with Crippen molar-refractivity contribution in [1.29, 1.82) is 0 Å². The van der Waals surface area contributed by atoms with E-state index in [0.717, 1.165) is 18.2 Å². The summed E-state index contributed by atoms with van der Waals surface area (Å²) in [6.07, 6.45) is 2.84. The highest BCUT2D eigenvalue weighted by Crippen LogP contribution is 2.30. The van der Waals surface area contributed by atoms with E-state index in [1.807, 2.05) is 0 Å². The highest BCUT2D eigenvalue weighted by atomic mass is 19.1. The maximum Gasteiger partial charge on any atom is 0.277 e. The number of nitro benzene ring substituents is 1. The zero-order valence-electron chi connectivity index (χ0n) is 11.5. The van der Waals surface area contributed by atoms with E-state index in [1.54, 1.807) is 14.1 Å². The van der Waals surface area contributed by atoms with Gasteiger partial charge in [0.25, 0.3) is 5.69 Å². The normalized spacial score (nSPS) is 10.4. The first-order valence-corrected chi connectivity index (χ1v) is 6.05. The van der Waals surface area contributed by atoms with E-state index in [9.17, 15) is 19.3 Å². The quantitative estimate of drug-likeness (QED) is 0.634. The molecule has 110 valence electrons. The summed E-state index contributed by atoms with van der Waals surface area (Å²) in [5, 5.41) is 14.9. The summed E-state index contributed by atoms with van der Waals surface area (Å²) in [4.78, 5) is 23.4. The molecule has 0 spiro atoms. The van der Waals surface area contributed by atoms with Gasteiger partial charge in [0.15, 0.2) is 0 Å². The second-order valence-electron chi connectivity index (χ2n) is 4.63. The van der Waals surface area contributed by atoms with Crippen molar-refractivity contribution in [2.45, 2.75) is 6.54 Å². The molecule has 0 saturated carbocycles. The van der Waals surface area contributed by atoms with Crippen LogP contribution in [0, 0.1) is 15.9 Å². The molecule has 0 saturated heterocycles. The second kappa shape index (κ2) is 5.70. The molecule has 0 bridgehead atoms. The Morgan fingerprint density at radius 3 is 2.81 bits per heavy atom. The molecule has 21 heavy (non-hydrogen) atoms.